The Morgan fingerprint density at radius 3 is 2.60 bits per heavy atom. The molecule has 2 heterocycles. The van der Waals surface area contributed by atoms with Crippen LogP contribution in [0.5, 0.6) is 0 Å². The highest BCUT2D eigenvalue weighted by Gasteiger charge is 2.12. The number of hydrogen-bond donors (Lipinski definition) is 1. The van der Waals surface area contributed by atoms with E-state index in [9.17, 15) is 0 Å². The van der Waals surface area contributed by atoms with Gasteiger partial charge >= 0.3 is 0 Å². The van der Waals surface area contributed by atoms with Gasteiger partial charge in [0.2, 0.25) is 0 Å². The molecule has 3 nitrogen and oxygen atoms in total. The third-order valence-corrected chi connectivity index (χ3v) is 4.96. The molecule has 0 amide bonds. The van der Waals surface area contributed by atoms with E-state index in [-0.39, 0.29) is 0 Å². The molecule has 1 aromatic heterocycles. The van der Waals surface area contributed by atoms with Crippen molar-refractivity contribution in [2.45, 2.75) is 6.54 Å². The minimum atomic E-state index is 0.815. The van der Waals surface area contributed by atoms with Crippen LogP contribution in [-0.4, -0.2) is 45.6 Å². The maximum absolute atomic E-state index is 5.42. The first-order valence-electron chi connectivity index (χ1n) is 6.98. The lowest BCUT2D eigenvalue weighted by atomic mass is 10.2. The van der Waals surface area contributed by atoms with E-state index in [1.54, 1.807) is 0 Å². The molecule has 1 N–H and O–H groups in total. The number of rotatable bonds is 4. The van der Waals surface area contributed by atoms with Crippen molar-refractivity contribution < 1.29 is 0 Å². The van der Waals surface area contributed by atoms with Crippen LogP contribution < -0.4 is 0 Å². The third kappa shape index (κ3) is 3.16. The van der Waals surface area contributed by atoms with E-state index in [4.69, 9.17) is 12.2 Å². The van der Waals surface area contributed by atoms with Crippen molar-refractivity contribution in [3.8, 4) is 11.3 Å². The topological polar surface area (TPSA) is 24.0 Å². The molecule has 0 aliphatic carbocycles. The quantitative estimate of drug-likeness (QED) is 0.877. The summed E-state index contributed by atoms with van der Waals surface area (Å²) in [6.45, 7) is 4.43. The molecule has 0 radical (unpaired) electrons. The molecule has 5 heteroatoms. The van der Waals surface area contributed by atoms with E-state index < -0.39 is 0 Å². The maximum Gasteiger partial charge on any atom is 0.177 e. The summed E-state index contributed by atoms with van der Waals surface area (Å²) in [4.78, 5) is 5.71. The number of aromatic amines is 1. The van der Waals surface area contributed by atoms with Crippen LogP contribution in [0.4, 0.5) is 0 Å². The van der Waals surface area contributed by atoms with Gasteiger partial charge in [-0.15, -0.1) is 0 Å². The number of nitrogens with zero attached hydrogens (tertiary/aromatic N) is 2. The number of hydrogen-bond acceptors (Lipinski definition) is 3. The van der Waals surface area contributed by atoms with Crippen molar-refractivity contribution in [1.29, 1.82) is 0 Å². The highest BCUT2D eigenvalue weighted by atomic mass is 32.2. The fourth-order valence-corrected chi connectivity index (χ4v) is 3.76. The van der Waals surface area contributed by atoms with E-state index in [2.05, 4.69) is 38.7 Å². The Balaban J connectivity index is 1.76. The largest absolute Gasteiger partial charge is 0.337 e. The molecule has 1 fully saturated rings. The lowest BCUT2D eigenvalue weighted by Crippen LogP contribution is -2.35. The Morgan fingerprint density at radius 2 is 1.85 bits per heavy atom. The molecule has 1 aromatic carbocycles. The van der Waals surface area contributed by atoms with E-state index in [1.165, 1.54) is 35.9 Å². The van der Waals surface area contributed by atoms with Crippen molar-refractivity contribution in [2.75, 3.05) is 31.1 Å². The monoisotopic (exact) mass is 305 g/mol. The molecule has 0 unspecified atom stereocenters. The summed E-state index contributed by atoms with van der Waals surface area (Å²) in [6.07, 6.45) is 2.02. The molecule has 106 valence electrons. The Kier molecular flexibility index (Phi) is 4.60. The molecule has 0 spiro atoms. The van der Waals surface area contributed by atoms with E-state index >= 15 is 0 Å². The summed E-state index contributed by atoms with van der Waals surface area (Å²) < 4.78 is 3.03. The van der Waals surface area contributed by atoms with Crippen LogP contribution >= 0.6 is 24.0 Å². The van der Waals surface area contributed by atoms with Gasteiger partial charge in [0.05, 0.1) is 5.69 Å². The Labute approximate surface area is 129 Å². The molecule has 1 aliphatic rings. The molecular formula is C15H19N3S2. The first kappa shape index (κ1) is 13.9. The molecule has 3 rings (SSSR count). The lowest BCUT2D eigenvalue weighted by molar-refractivity contribution is 0.289. The van der Waals surface area contributed by atoms with Gasteiger partial charge in [-0.25, -0.2) is 0 Å². The average molecular weight is 305 g/mol. The van der Waals surface area contributed by atoms with Crippen LogP contribution in [0.1, 0.15) is 0 Å². The molecule has 0 bridgehead atoms. The fraction of sp³-hybridized carbons (Fsp3) is 0.400. The highest BCUT2D eigenvalue weighted by molar-refractivity contribution is 7.99. The number of thioether (sulfide) groups is 1. The first-order valence-corrected chi connectivity index (χ1v) is 8.54. The van der Waals surface area contributed by atoms with Gasteiger partial charge in [-0.3, -0.25) is 4.90 Å². The van der Waals surface area contributed by atoms with Crippen molar-refractivity contribution in [2.24, 2.45) is 0 Å². The number of nitrogens with one attached hydrogen (secondary N) is 1. The molecule has 0 saturated carbocycles. The maximum atomic E-state index is 5.42. The molecule has 1 aliphatic heterocycles. The summed E-state index contributed by atoms with van der Waals surface area (Å²) in [7, 11) is 0. The summed E-state index contributed by atoms with van der Waals surface area (Å²) in [6, 6.07) is 10.4. The van der Waals surface area contributed by atoms with Gasteiger partial charge in [-0.1, -0.05) is 30.3 Å². The van der Waals surface area contributed by atoms with E-state index in [0.717, 1.165) is 17.9 Å². The van der Waals surface area contributed by atoms with Crippen molar-refractivity contribution in [3.63, 3.8) is 0 Å². The second-order valence-electron chi connectivity index (χ2n) is 4.95. The van der Waals surface area contributed by atoms with Crippen LogP contribution in [0.15, 0.2) is 36.5 Å². The van der Waals surface area contributed by atoms with Crippen molar-refractivity contribution >= 4 is 24.0 Å². The predicted molar refractivity (Wildman–Crippen MR) is 88.8 cm³/mol. The van der Waals surface area contributed by atoms with Crippen LogP contribution in [0.2, 0.25) is 0 Å². The Bertz CT molecular complexity index is 597. The summed E-state index contributed by atoms with van der Waals surface area (Å²) in [5.41, 5.74) is 2.40. The Hall–Kier alpha value is -1.04. The van der Waals surface area contributed by atoms with E-state index in [1.807, 2.05) is 24.0 Å². The fourth-order valence-electron chi connectivity index (χ4n) is 2.53. The minimum absolute atomic E-state index is 0.815. The molecule has 0 atom stereocenters. The van der Waals surface area contributed by atoms with E-state index in [0.29, 0.717) is 0 Å². The first-order chi connectivity index (χ1) is 9.84. The summed E-state index contributed by atoms with van der Waals surface area (Å²) in [5, 5.41) is 0. The number of benzene rings is 1. The van der Waals surface area contributed by atoms with Gasteiger partial charge < -0.3 is 9.55 Å². The highest BCUT2D eigenvalue weighted by Crippen LogP contribution is 2.19. The minimum Gasteiger partial charge on any atom is -0.337 e. The zero-order valence-corrected chi connectivity index (χ0v) is 13.1. The molecular weight excluding hydrogens is 286 g/mol. The van der Waals surface area contributed by atoms with Gasteiger partial charge in [-0.05, 0) is 17.8 Å². The van der Waals surface area contributed by atoms with Crippen LogP contribution in [0, 0.1) is 4.77 Å². The van der Waals surface area contributed by atoms with Crippen molar-refractivity contribution in [3.05, 3.63) is 41.3 Å². The lowest BCUT2D eigenvalue weighted by Gasteiger charge is -2.26. The molecule has 2 aromatic rings. The van der Waals surface area contributed by atoms with Gasteiger partial charge in [0.15, 0.2) is 4.77 Å². The molecule has 20 heavy (non-hydrogen) atoms. The Morgan fingerprint density at radius 1 is 1.10 bits per heavy atom. The molecule has 1 saturated heterocycles. The second-order valence-corrected chi connectivity index (χ2v) is 6.56. The smallest absolute Gasteiger partial charge is 0.177 e. The van der Waals surface area contributed by atoms with Gasteiger partial charge in [0.1, 0.15) is 0 Å². The SMILES string of the molecule is S=c1[nH]cc(-c2ccccc2)n1CCN1CCSCC1. The zero-order chi connectivity index (χ0) is 13.8. The third-order valence-electron chi connectivity index (χ3n) is 3.68. The average Bonchev–Trinajstić information content (AvgIpc) is 2.88. The van der Waals surface area contributed by atoms with Crippen LogP contribution in [-0.2, 0) is 6.54 Å². The summed E-state index contributed by atoms with van der Waals surface area (Å²) >= 11 is 7.47. The number of H-pyrrole nitrogens is 1. The normalized spacial score (nSPS) is 16.4. The standard InChI is InChI=1S/C15H19N3S2/c19-15-16-12-14(13-4-2-1-3-5-13)18(15)7-6-17-8-10-20-11-9-17/h1-5,12H,6-11H2,(H,16,19). The van der Waals surface area contributed by atoms with Crippen LogP contribution in [0.25, 0.3) is 11.3 Å². The zero-order valence-electron chi connectivity index (χ0n) is 11.4. The van der Waals surface area contributed by atoms with Gasteiger partial charge in [0.25, 0.3) is 0 Å². The predicted octanol–water partition coefficient (Wildman–Crippen LogP) is 3.26. The number of imidazole rings is 1. The number of aromatic nitrogens is 2. The summed E-state index contributed by atoms with van der Waals surface area (Å²) in [5.74, 6) is 2.51. The van der Waals surface area contributed by atoms with Gasteiger partial charge in [-0.2, -0.15) is 11.8 Å². The second kappa shape index (κ2) is 6.61. The van der Waals surface area contributed by atoms with Crippen LogP contribution in [0.3, 0.4) is 0 Å². The van der Waals surface area contributed by atoms with Crippen molar-refractivity contribution in [1.82, 2.24) is 14.5 Å². The van der Waals surface area contributed by atoms with Gasteiger partial charge in [0, 0.05) is 43.9 Å².